The van der Waals surface area contributed by atoms with E-state index in [0.29, 0.717) is 18.4 Å². The summed E-state index contributed by atoms with van der Waals surface area (Å²) in [6, 6.07) is 3.98. The number of nitrogens with zero attached hydrogens (tertiary/aromatic N) is 1. The van der Waals surface area contributed by atoms with Crippen LogP contribution in [0.2, 0.25) is 0 Å². The van der Waals surface area contributed by atoms with E-state index in [-0.39, 0.29) is 5.97 Å². The van der Waals surface area contributed by atoms with Crippen molar-refractivity contribution >= 4 is 17.3 Å². The van der Waals surface area contributed by atoms with Crippen LogP contribution in [0.15, 0.2) is 12.1 Å². The van der Waals surface area contributed by atoms with Gasteiger partial charge in [-0.25, -0.2) is 0 Å². The summed E-state index contributed by atoms with van der Waals surface area (Å²) in [6.45, 7) is 9.79. The van der Waals surface area contributed by atoms with Gasteiger partial charge < -0.3 is 20.1 Å². The summed E-state index contributed by atoms with van der Waals surface area (Å²) >= 11 is 0. The van der Waals surface area contributed by atoms with E-state index in [4.69, 9.17) is 15.2 Å². The second-order valence-corrected chi connectivity index (χ2v) is 9.38. The number of esters is 1. The zero-order valence-electron chi connectivity index (χ0n) is 17.9. The Morgan fingerprint density at radius 2 is 1.96 bits per heavy atom. The molecule has 2 N–H and O–H groups in total. The molecule has 0 spiro atoms. The van der Waals surface area contributed by atoms with Gasteiger partial charge in [-0.15, -0.1) is 0 Å². The maximum atomic E-state index is 12.1. The fourth-order valence-electron chi connectivity index (χ4n) is 4.14. The molecule has 0 bridgehead atoms. The molecule has 1 aromatic rings. The second kappa shape index (κ2) is 8.62. The first-order valence-electron chi connectivity index (χ1n) is 10.8. The minimum Gasteiger partial charge on any atom is -0.490 e. The van der Waals surface area contributed by atoms with E-state index in [1.54, 1.807) is 0 Å². The topological polar surface area (TPSA) is 64.8 Å². The molecule has 5 nitrogen and oxygen atoms in total. The van der Waals surface area contributed by atoms with Gasteiger partial charge >= 0.3 is 5.97 Å². The molecular formula is C23H36N2O3. The van der Waals surface area contributed by atoms with Gasteiger partial charge in [0.25, 0.3) is 0 Å². The lowest BCUT2D eigenvalue weighted by Gasteiger charge is -2.37. The Bertz CT molecular complexity index is 692. The van der Waals surface area contributed by atoms with E-state index in [1.165, 1.54) is 6.42 Å². The van der Waals surface area contributed by atoms with Crippen LogP contribution < -0.4 is 15.4 Å². The molecule has 1 saturated heterocycles. The normalized spacial score (nSPS) is 20.6. The van der Waals surface area contributed by atoms with Crippen LogP contribution in [0.4, 0.5) is 11.4 Å². The second-order valence-electron chi connectivity index (χ2n) is 9.38. The van der Waals surface area contributed by atoms with E-state index in [9.17, 15) is 4.79 Å². The van der Waals surface area contributed by atoms with Crippen LogP contribution in [0.25, 0.3) is 0 Å². The van der Waals surface area contributed by atoms with Crippen molar-refractivity contribution < 1.29 is 14.3 Å². The van der Waals surface area contributed by atoms with Gasteiger partial charge in [-0.05, 0) is 84.3 Å². The molecule has 3 rings (SSSR count). The van der Waals surface area contributed by atoms with Crippen molar-refractivity contribution in [2.24, 2.45) is 5.92 Å². The van der Waals surface area contributed by atoms with Crippen LogP contribution in [-0.2, 0) is 9.53 Å². The van der Waals surface area contributed by atoms with Gasteiger partial charge in [0.1, 0.15) is 11.4 Å². The molecule has 1 heterocycles. The first kappa shape index (κ1) is 20.8. The molecule has 2 aliphatic rings. The summed E-state index contributed by atoms with van der Waals surface area (Å²) in [4.78, 5) is 14.5. The van der Waals surface area contributed by atoms with E-state index in [0.717, 1.165) is 67.9 Å². The molecule has 0 aromatic heterocycles. The van der Waals surface area contributed by atoms with Crippen LogP contribution in [-0.4, -0.2) is 30.8 Å². The van der Waals surface area contributed by atoms with Crippen LogP contribution >= 0.6 is 0 Å². The molecule has 5 heteroatoms. The van der Waals surface area contributed by atoms with Crippen LogP contribution in [0.3, 0.4) is 0 Å². The van der Waals surface area contributed by atoms with Gasteiger partial charge in [-0.1, -0.05) is 0 Å². The van der Waals surface area contributed by atoms with E-state index in [1.807, 2.05) is 32.9 Å². The number of rotatable bonds is 6. The summed E-state index contributed by atoms with van der Waals surface area (Å²) in [6.07, 6.45) is 7.53. The van der Waals surface area contributed by atoms with Crippen LogP contribution in [0.5, 0.6) is 5.75 Å². The van der Waals surface area contributed by atoms with E-state index < -0.39 is 5.60 Å². The molecule has 2 fully saturated rings. The molecule has 0 radical (unpaired) electrons. The van der Waals surface area contributed by atoms with Gasteiger partial charge in [-0.2, -0.15) is 0 Å². The predicted molar refractivity (Wildman–Crippen MR) is 114 cm³/mol. The van der Waals surface area contributed by atoms with Gasteiger partial charge in [-0.3, -0.25) is 4.79 Å². The third-order valence-corrected chi connectivity index (χ3v) is 5.77. The number of benzene rings is 1. The average molecular weight is 389 g/mol. The average Bonchev–Trinajstić information content (AvgIpc) is 2.57. The summed E-state index contributed by atoms with van der Waals surface area (Å²) < 4.78 is 11.6. The zero-order chi connectivity index (χ0) is 20.3. The lowest BCUT2D eigenvalue weighted by molar-refractivity contribution is -0.155. The van der Waals surface area contributed by atoms with Crippen LogP contribution in [0.1, 0.15) is 71.3 Å². The Hall–Kier alpha value is -1.91. The summed E-state index contributed by atoms with van der Waals surface area (Å²) in [7, 11) is 0. The fraction of sp³-hybridized carbons (Fsp3) is 0.696. The first-order valence-corrected chi connectivity index (χ1v) is 10.8. The Labute approximate surface area is 169 Å². The highest BCUT2D eigenvalue weighted by atomic mass is 16.6. The smallest absolute Gasteiger partial charge is 0.306 e. The Balaban J connectivity index is 1.63. The van der Waals surface area contributed by atoms with Crippen molar-refractivity contribution in [3.63, 3.8) is 0 Å². The van der Waals surface area contributed by atoms with Gasteiger partial charge in [0.2, 0.25) is 0 Å². The minimum atomic E-state index is -0.415. The van der Waals surface area contributed by atoms with Crippen molar-refractivity contribution in [2.75, 3.05) is 23.7 Å². The van der Waals surface area contributed by atoms with Crippen molar-refractivity contribution in [3.05, 3.63) is 17.7 Å². The predicted octanol–water partition coefficient (Wildman–Crippen LogP) is 4.85. The molecule has 1 aliphatic heterocycles. The first-order chi connectivity index (χ1) is 13.2. The molecule has 28 heavy (non-hydrogen) atoms. The SMILES string of the molecule is Cc1c(OC2CCC2)ccc(N)c1N1CCC[C@@H](CCC(=O)OC(C)(C)C)C1. The minimum absolute atomic E-state index is 0.101. The van der Waals surface area contributed by atoms with Crippen LogP contribution in [0, 0.1) is 12.8 Å². The van der Waals surface area contributed by atoms with Gasteiger partial charge in [0, 0.05) is 25.1 Å². The largest absolute Gasteiger partial charge is 0.490 e. The zero-order valence-corrected chi connectivity index (χ0v) is 17.9. The number of nitrogens with two attached hydrogens (primary N) is 1. The third kappa shape index (κ3) is 5.33. The molecule has 156 valence electrons. The molecule has 1 aliphatic carbocycles. The number of carbonyl (C=O) groups excluding carboxylic acids is 1. The van der Waals surface area contributed by atoms with E-state index in [2.05, 4.69) is 11.8 Å². The van der Waals surface area contributed by atoms with Crippen molar-refractivity contribution in [1.29, 1.82) is 0 Å². The molecule has 1 saturated carbocycles. The Morgan fingerprint density at radius 1 is 1.21 bits per heavy atom. The third-order valence-electron chi connectivity index (χ3n) is 5.77. The van der Waals surface area contributed by atoms with Gasteiger partial charge in [0.05, 0.1) is 17.5 Å². The molecule has 0 unspecified atom stereocenters. The Morgan fingerprint density at radius 3 is 2.61 bits per heavy atom. The highest BCUT2D eigenvalue weighted by molar-refractivity contribution is 5.74. The number of hydrogen-bond acceptors (Lipinski definition) is 5. The Kier molecular flexibility index (Phi) is 6.41. The van der Waals surface area contributed by atoms with Crippen molar-refractivity contribution in [1.82, 2.24) is 0 Å². The maximum Gasteiger partial charge on any atom is 0.306 e. The van der Waals surface area contributed by atoms with Crippen molar-refractivity contribution in [3.8, 4) is 5.75 Å². The summed E-state index contributed by atoms with van der Waals surface area (Å²) in [5, 5.41) is 0. The molecule has 1 aromatic carbocycles. The summed E-state index contributed by atoms with van der Waals surface area (Å²) in [5.74, 6) is 1.34. The molecule has 0 amide bonds. The number of anilines is 2. The molecule has 1 atom stereocenters. The number of piperidine rings is 1. The number of ether oxygens (including phenoxy) is 2. The molecular weight excluding hydrogens is 352 g/mol. The highest BCUT2D eigenvalue weighted by Crippen LogP contribution is 2.38. The van der Waals surface area contributed by atoms with Gasteiger partial charge in [0.15, 0.2) is 0 Å². The van der Waals surface area contributed by atoms with E-state index >= 15 is 0 Å². The fourth-order valence-corrected chi connectivity index (χ4v) is 4.14. The maximum absolute atomic E-state index is 12.1. The number of carbonyl (C=O) groups is 1. The monoisotopic (exact) mass is 388 g/mol. The lowest BCUT2D eigenvalue weighted by Crippen LogP contribution is -2.37. The quantitative estimate of drug-likeness (QED) is 0.558. The number of nitrogen functional groups attached to an aromatic ring is 1. The lowest BCUT2D eigenvalue weighted by atomic mass is 9.92. The highest BCUT2D eigenvalue weighted by Gasteiger charge is 2.26. The standard InChI is InChI=1S/C23H36N2O3/c1-16-20(27-18-8-5-9-18)12-11-19(24)22(16)25-14-6-7-17(15-25)10-13-21(26)28-23(2,3)4/h11-12,17-18H,5-10,13-15,24H2,1-4H3/t17-/m0/s1. The summed E-state index contributed by atoms with van der Waals surface area (Å²) in [5.41, 5.74) is 9.01. The number of hydrogen-bond donors (Lipinski definition) is 1. The van der Waals surface area contributed by atoms with Crippen molar-refractivity contribution in [2.45, 2.75) is 84.3 Å².